The molecule has 0 spiro atoms. The van der Waals surface area contributed by atoms with Gasteiger partial charge in [0.25, 0.3) is 10.2 Å². The van der Waals surface area contributed by atoms with Crippen LogP contribution in [0.5, 0.6) is 0 Å². The normalized spacial score (nSPS) is 13.3. The molecular formula is C9H18N2O2S. The summed E-state index contributed by atoms with van der Waals surface area (Å²) in [7, 11) is -1.98. The number of nitrogens with zero attached hydrogens (tertiary/aromatic N) is 1. The molecule has 0 amide bonds. The number of rotatable bonds is 4. The quantitative estimate of drug-likeness (QED) is 0.701. The molecule has 1 N–H and O–H groups in total. The Hall–Kier alpha value is -0.570. The Bertz CT molecular complexity index is 325. The van der Waals surface area contributed by atoms with Crippen LogP contribution in [0, 0.1) is 12.3 Å². The van der Waals surface area contributed by atoms with Crippen LogP contribution in [0.3, 0.4) is 0 Å². The van der Waals surface area contributed by atoms with Gasteiger partial charge >= 0.3 is 0 Å². The molecule has 0 aliphatic heterocycles. The molecule has 0 aliphatic carbocycles. The third-order valence-corrected chi connectivity index (χ3v) is 3.80. The van der Waals surface area contributed by atoms with Gasteiger partial charge in [0.15, 0.2) is 0 Å². The molecule has 5 heteroatoms. The Balaban J connectivity index is 4.78. The maximum Gasteiger partial charge on any atom is 0.280 e. The minimum absolute atomic E-state index is 0.0962. The molecule has 0 bridgehead atoms. The largest absolute Gasteiger partial charge is 0.280 e. The molecular weight excluding hydrogens is 200 g/mol. The number of terminal acetylenes is 1. The Morgan fingerprint density at radius 3 is 2.14 bits per heavy atom. The first-order valence-electron chi connectivity index (χ1n) is 4.37. The smallest absolute Gasteiger partial charge is 0.195 e. The fraction of sp³-hybridized carbons (Fsp3) is 0.778. The first-order chi connectivity index (χ1) is 6.12. The Morgan fingerprint density at radius 1 is 1.43 bits per heavy atom. The third-order valence-electron chi connectivity index (χ3n) is 1.85. The second-order valence-corrected chi connectivity index (χ2v) is 5.72. The molecule has 0 unspecified atom stereocenters. The highest BCUT2D eigenvalue weighted by Gasteiger charge is 2.27. The van der Waals surface area contributed by atoms with E-state index in [0.29, 0.717) is 0 Å². The molecule has 4 nitrogen and oxygen atoms in total. The summed E-state index contributed by atoms with van der Waals surface area (Å²) in [5.74, 6) is 2.37. The monoisotopic (exact) mass is 218 g/mol. The van der Waals surface area contributed by atoms with Gasteiger partial charge in [0.1, 0.15) is 0 Å². The van der Waals surface area contributed by atoms with E-state index in [1.165, 1.54) is 11.4 Å². The lowest BCUT2D eigenvalue weighted by Gasteiger charge is -2.26. The van der Waals surface area contributed by atoms with E-state index in [1.54, 1.807) is 27.7 Å². The van der Waals surface area contributed by atoms with Crippen molar-refractivity contribution in [3.8, 4) is 12.3 Å². The summed E-state index contributed by atoms with van der Waals surface area (Å²) >= 11 is 0. The van der Waals surface area contributed by atoms with E-state index < -0.39 is 15.7 Å². The van der Waals surface area contributed by atoms with Gasteiger partial charge in [-0.2, -0.15) is 17.4 Å². The van der Waals surface area contributed by atoms with Gasteiger partial charge in [-0.1, -0.05) is 5.92 Å². The second kappa shape index (κ2) is 4.30. The minimum atomic E-state index is -3.49. The molecule has 0 saturated carbocycles. The number of hydrogen-bond acceptors (Lipinski definition) is 2. The van der Waals surface area contributed by atoms with E-state index in [2.05, 4.69) is 10.6 Å². The van der Waals surface area contributed by atoms with Gasteiger partial charge in [0.05, 0.1) is 5.54 Å². The summed E-state index contributed by atoms with van der Waals surface area (Å²) in [6.07, 6.45) is 5.19. The zero-order valence-corrected chi connectivity index (χ0v) is 10.1. The predicted molar refractivity (Wildman–Crippen MR) is 57.9 cm³/mol. The predicted octanol–water partition coefficient (Wildman–Crippen LogP) is 0.573. The molecule has 0 saturated heterocycles. The van der Waals surface area contributed by atoms with Crippen LogP contribution in [-0.4, -0.2) is 31.4 Å². The maximum atomic E-state index is 11.7. The lowest BCUT2D eigenvalue weighted by molar-refractivity contribution is 0.392. The van der Waals surface area contributed by atoms with Crippen LogP contribution < -0.4 is 4.72 Å². The van der Waals surface area contributed by atoms with Gasteiger partial charge in [-0.3, -0.25) is 0 Å². The van der Waals surface area contributed by atoms with Crippen molar-refractivity contribution in [1.29, 1.82) is 0 Å². The van der Waals surface area contributed by atoms with Gasteiger partial charge in [0.2, 0.25) is 0 Å². The topological polar surface area (TPSA) is 49.4 Å². The van der Waals surface area contributed by atoms with E-state index in [4.69, 9.17) is 6.42 Å². The molecule has 14 heavy (non-hydrogen) atoms. The maximum absolute atomic E-state index is 11.7. The lowest BCUT2D eigenvalue weighted by atomic mass is 10.1. The van der Waals surface area contributed by atoms with Crippen LogP contribution in [0.2, 0.25) is 0 Å². The standard InChI is InChI=1S/C9H18N2O2S/c1-7-9(4,5)10-14(12,13)11(6)8(2)3/h1,8,10H,2-6H3. The van der Waals surface area contributed by atoms with E-state index >= 15 is 0 Å². The van der Waals surface area contributed by atoms with Crippen LogP contribution in [0.1, 0.15) is 27.7 Å². The second-order valence-electron chi connectivity index (χ2n) is 3.99. The number of nitrogens with one attached hydrogen (secondary N) is 1. The first-order valence-corrected chi connectivity index (χ1v) is 5.81. The third kappa shape index (κ3) is 3.66. The van der Waals surface area contributed by atoms with E-state index in [0.717, 1.165) is 0 Å². The SMILES string of the molecule is C#CC(C)(C)NS(=O)(=O)N(C)C(C)C. The zero-order chi connectivity index (χ0) is 11.6. The van der Waals surface area contributed by atoms with Crippen molar-refractivity contribution in [3.63, 3.8) is 0 Å². The van der Waals surface area contributed by atoms with Gasteiger partial charge < -0.3 is 0 Å². The average molecular weight is 218 g/mol. The summed E-state index contributed by atoms with van der Waals surface area (Å²) in [5.41, 5.74) is -0.859. The Labute approximate surface area is 86.9 Å². The summed E-state index contributed by atoms with van der Waals surface area (Å²) in [6.45, 7) is 6.86. The van der Waals surface area contributed by atoms with Crippen molar-refractivity contribution in [3.05, 3.63) is 0 Å². The molecule has 0 radical (unpaired) electrons. The van der Waals surface area contributed by atoms with Crippen LogP contribution in [0.15, 0.2) is 0 Å². The molecule has 0 heterocycles. The van der Waals surface area contributed by atoms with E-state index in [1.807, 2.05) is 0 Å². The van der Waals surface area contributed by atoms with Crippen molar-refractivity contribution in [1.82, 2.24) is 9.03 Å². The fourth-order valence-electron chi connectivity index (χ4n) is 0.701. The first kappa shape index (κ1) is 13.4. The van der Waals surface area contributed by atoms with Crippen molar-refractivity contribution in [2.45, 2.75) is 39.3 Å². The molecule has 82 valence electrons. The van der Waals surface area contributed by atoms with Gasteiger partial charge in [-0.15, -0.1) is 6.42 Å². The van der Waals surface area contributed by atoms with E-state index in [9.17, 15) is 8.42 Å². The zero-order valence-electron chi connectivity index (χ0n) is 9.33. The van der Waals surface area contributed by atoms with Crippen molar-refractivity contribution in [2.75, 3.05) is 7.05 Å². The molecule has 0 aromatic carbocycles. The molecule has 0 aliphatic rings. The van der Waals surface area contributed by atoms with Crippen molar-refractivity contribution < 1.29 is 8.42 Å². The van der Waals surface area contributed by atoms with Crippen molar-refractivity contribution in [2.24, 2.45) is 0 Å². The van der Waals surface area contributed by atoms with Crippen LogP contribution in [-0.2, 0) is 10.2 Å². The molecule has 0 rings (SSSR count). The average Bonchev–Trinajstić information content (AvgIpc) is 2.01. The lowest BCUT2D eigenvalue weighted by Crippen LogP contribution is -2.50. The molecule has 0 aromatic heterocycles. The molecule has 0 fully saturated rings. The summed E-state index contributed by atoms with van der Waals surface area (Å²) in [5, 5.41) is 0. The summed E-state index contributed by atoms with van der Waals surface area (Å²) in [6, 6.07) is -0.0962. The van der Waals surface area contributed by atoms with E-state index in [-0.39, 0.29) is 6.04 Å². The highest BCUT2D eigenvalue weighted by Crippen LogP contribution is 2.07. The fourth-order valence-corrected chi connectivity index (χ4v) is 2.10. The molecule has 0 aromatic rings. The van der Waals surface area contributed by atoms with Gasteiger partial charge in [0, 0.05) is 13.1 Å². The van der Waals surface area contributed by atoms with Crippen molar-refractivity contribution >= 4 is 10.2 Å². The molecule has 0 atom stereocenters. The minimum Gasteiger partial charge on any atom is -0.195 e. The Morgan fingerprint density at radius 2 is 1.86 bits per heavy atom. The summed E-state index contributed by atoms with van der Waals surface area (Å²) in [4.78, 5) is 0. The van der Waals surface area contributed by atoms with Gasteiger partial charge in [-0.25, -0.2) is 0 Å². The number of hydrogen-bond donors (Lipinski definition) is 1. The summed E-state index contributed by atoms with van der Waals surface area (Å²) < 4.78 is 27.0. The van der Waals surface area contributed by atoms with Crippen LogP contribution in [0.25, 0.3) is 0 Å². The highest BCUT2D eigenvalue weighted by molar-refractivity contribution is 7.87. The van der Waals surface area contributed by atoms with Gasteiger partial charge in [-0.05, 0) is 27.7 Å². The van der Waals surface area contributed by atoms with Crippen LogP contribution in [0.4, 0.5) is 0 Å². The Kier molecular flexibility index (Phi) is 4.13. The highest BCUT2D eigenvalue weighted by atomic mass is 32.2. The van der Waals surface area contributed by atoms with Crippen LogP contribution >= 0.6 is 0 Å².